The highest BCUT2D eigenvalue weighted by Crippen LogP contribution is 2.38. The standard InChI is InChI=1S/C22H28N2O3/c1-15(9-10-18-7-5-4-6-8-18)23-21(25)14-27-22(26)20-13-16(2)24(17(20)3)19-11-12-19/h4-8,13,15,19H,9-12,14H2,1-3H3,(H,23,25)/t15-/m1/s1. The molecule has 1 aliphatic rings. The zero-order chi connectivity index (χ0) is 19.4. The molecule has 2 aromatic rings. The second kappa shape index (κ2) is 8.42. The maximum absolute atomic E-state index is 12.4. The van der Waals surface area contributed by atoms with Crippen molar-refractivity contribution in [1.82, 2.24) is 9.88 Å². The molecule has 0 unspecified atom stereocenters. The lowest BCUT2D eigenvalue weighted by atomic mass is 10.1. The summed E-state index contributed by atoms with van der Waals surface area (Å²) in [6.45, 7) is 5.66. The normalized spacial score (nSPS) is 14.6. The van der Waals surface area contributed by atoms with Crippen LogP contribution in [0.5, 0.6) is 0 Å². The molecule has 1 aliphatic carbocycles. The molecule has 3 rings (SSSR count). The topological polar surface area (TPSA) is 60.3 Å². The minimum Gasteiger partial charge on any atom is -0.452 e. The average molecular weight is 368 g/mol. The largest absolute Gasteiger partial charge is 0.452 e. The Bertz CT molecular complexity index is 806. The molecular weight excluding hydrogens is 340 g/mol. The number of amides is 1. The Morgan fingerprint density at radius 1 is 1.22 bits per heavy atom. The van der Waals surface area contributed by atoms with Crippen molar-refractivity contribution in [2.45, 2.75) is 58.5 Å². The lowest BCUT2D eigenvalue weighted by molar-refractivity contribution is -0.124. The van der Waals surface area contributed by atoms with E-state index in [9.17, 15) is 9.59 Å². The summed E-state index contributed by atoms with van der Waals surface area (Å²) in [6.07, 6.45) is 4.06. The summed E-state index contributed by atoms with van der Waals surface area (Å²) in [6, 6.07) is 12.6. The van der Waals surface area contributed by atoms with E-state index in [0.717, 1.165) is 37.1 Å². The van der Waals surface area contributed by atoms with Crippen molar-refractivity contribution in [1.29, 1.82) is 0 Å². The summed E-state index contributed by atoms with van der Waals surface area (Å²) in [4.78, 5) is 24.4. The van der Waals surface area contributed by atoms with Crippen molar-refractivity contribution in [3.8, 4) is 0 Å². The molecule has 0 spiro atoms. The van der Waals surface area contributed by atoms with E-state index in [0.29, 0.717) is 11.6 Å². The predicted octanol–water partition coefficient (Wildman–Crippen LogP) is 3.73. The number of benzene rings is 1. The number of aryl methyl sites for hydroxylation is 2. The van der Waals surface area contributed by atoms with Gasteiger partial charge in [0.1, 0.15) is 0 Å². The first kappa shape index (κ1) is 19.2. The van der Waals surface area contributed by atoms with E-state index in [-0.39, 0.29) is 18.6 Å². The second-order valence-electron chi connectivity index (χ2n) is 7.45. The molecule has 0 aliphatic heterocycles. The molecule has 1 heterocycles. The van der Waals surface area contributed by atoms with Gasteiger partial charge in [-0.2, -0.15) is 0 Å². The minimum absolute atomic E-state index is 0.0244. The van der Waals surface area contributed by atoms with E-state index in [2.05, 4.69) is 22.0 Å². The Balaban J connectivity index is 1.44. The molecule has 1 aromatic carbocycles. The number of nitrogens with zero attached hydrogens (tertiary/aromatic N) is 1. The second-order valence-corrected chi connectivity index (χ2v) is 7.45. The summed E-state index contributed by atoms with van der Waals surface area (Å²) in [7, 11) is 0. The third kappa shape index (κ3) is 5.00. The minimum atomic E-state index is -0.429. The van der Waals surface area contributed by atoms with Gasteiger partial charge in [0.15, 0.2) is 6.61 Å². The monoisotopic (exact) mass is 368 g/mol. The maximum Gasteiger partial charge on any atom is 0.340 e. The summed E-state index contributed by atoms with van der Waals surface area (Å²) in [5.41, 5.74) is 3.80. The van der Waals surface area contributed by atoms with Crippen LogP contribution in [0.4, 0.5) is 0 Å². The molecule has 5 nitrogen and oxygen atoms in total. The van der Waals surface area contributed by atoms with Crippen LogP contribution < -0.4 is 5.32 Å². The van der Waals surface area contributed by atoms with E-state index in [1.165, 1.54) is 5.56 Å². The number of nitrogens with one attached hydrogen (secondary N) is 1. The highest BCUT2D eigenvalue weighted by Gasteiger charge is 2.28. The Morgan fingerprint density at radius 3 is 2.59 bits per heavy atom. The van der Waals surface area contributed by atoms with Gasteiger partial charge in [0.2, 0.25) is 0 Å². The van der Waals surface area contributed by atoms with Gasteiger partial charge in [0, 0.05) is 23.5 Å². The van der Waals surface area contributed by atoms with Crippen molar-refractivity contribution < 1.29 is 14.3 Å². The van der Waals surface area contributed by atoms with Gasteiger partial charge in [-0.15, -0.1) is 0 Å². The average Bonchev–Trinajstić information content (AvgIpc) is 3.43. The Kier molecular flexibility index (Phi) is 5.99. The summed E-state index contributed by atoms with van der Waals surface area (Å²) in [5, 5.41) is 2.90. The Labute approximate surface area is 160 Å². The van der Waals surface area contributed by atoms with E-state index in [4.69, 9.17) is 4.74 Å². The zero-order valence-corrected chi connectivity index (χ0v) is 16.3. The molecule has 1 saturated carbocycles. The SMILES string of the molecule is Cc1cc(C(=O)OCC(=O)N[C@H](C)CCc2ccccc2)c(C)n1C1CC1. The first-order valence-electron chi connectivity index (χ1n) is 9.64. The third-order valence-electron chi connectivity index (χ3n) is 5.07. The van der Waals surface area contributed by atoms with Gasteiger partial charge >= 0.3 is 5.97 Å². The van der Waals surface area contributed by atoms with Crippen LogP contribution in [-0.2, 0) is 16.0 Å². The quantitative estimate of drug-likeness (QED) is 0.722. The van der Waals surface area contributed by atoms with Crippen LogP contribution in [0, 0.1) is 13.8 Å². The van der Waals surface area contributed by atoms with Crippen LogP contribution in [0.2, 0.25) is 0 Å². The number of esters is 1. The molecule has 1 N–H and O–H groups in total. The van der Waals surface area contributed by atoms with Crippen LogP contribution in [0.15, 0.2) is 36.4 Å². The van der Waals surface area contributed by atoms with E-state index in [1.54, 1.807) is 0 Å². The summed E-state index contributed by atoms with van der Waals surface area (Å²) >= 11 is 0. The highest BCUT2D eigenvalue weighted by atomic mass is 16.5. The Morgan fingerprint density at radius 2 is 1.93 bits per heavy atom. The summed E-state index contributed by atoms with van der Waals surface area (Å²) < 4.78 is 7.44. The fourth-order valence-corrected chi connectivity index (χ4v) is 3.50. The lowest BCUT2D eigenvalue weighted by Crippen LogP contribution is -2.36. The number of carbonyl (C=O) groups is 2. The van der Waals surface area contributed by atoms with Crippen molar-refractivity contribution in [2.75, 3.05) is 6.61 Å². The predicted molar refractivity (Wildman–Crippen MR) is 105 cm³/mol. The molecule has 0 bridgehead atoms. The van der Waals surface area contributed by atoms with Crippen molar-refractivity contribution in [3.63, 3.8) is 0 Å². The van der Waals surface area contributed by atoms with Crippen LogP contribution >= 0.6 is 0 Å². The lowest BCUT2D eigenvalue weighted by Gasteiger charge is -2.14. The number of ether oxygens (including phenoxy) is 1. The van der Waals surface area contributed by atoms with Crippen LogP contribution in [-0.4, -0.2) is 29.1 Å². The molecule has 144 valence electrons. The number of hydrogen-bond acceptors (Lipinski definition) is 3. The number of rotatable bonds is 8. The third-order valence-corrected chi connectivity index (χ3v) is 5.07. The van der Waals surface area contributed by atoms with Gasteiger partial charge in [-0.3, -0.25) is 4.79 Å². The molecule has 1 aromatic heterocycles. The smallest absolute Gasteiger partial charge is 0.340 e. The first-order valence-corrected chi connectivity index (χ1v) is 9.64. The molecule has 27 heavy (non-hydrogen) atoms. The van der Waals surface area contributed by atoms with Gasteiger partial charge in [0.25, 0.3) is 5.91 Å². The van der Waals surface area contributed by atoms with E-state index < -0.39 is 5.97 Å². The van der Waals surface area contributed by atoms with Gasteiger partial charge < -0.3 is 14.6 Å². The molecule has 0 radical (unpaired) electrons. The zero-order valence-electron chi connectivity index (χ0n) is 16.3. The summed E-state index contributed by atoms with van der Waals surface area (Å²) in [5.74, 6) is -0.693. The maximum atomic E-state index is 12.4. The first-order chi connectivity index (χ1) is 13.0. The molecule has 1 atom stereocenters. The molecule has 1 fully saturated rings. The number of aromatic nitrogens is 1. The number of hydrogen-bond donors (Lipinski definition) is 1. The Hall–Kier alpha value is -2.56. The van der Waals surface area contributed by atoms with Gasteiger partial charge in [0.05, 0.1) is 5.56 Å². The molecule has 0 saturated heterocycles. The van der Waals surface area contributed by atoms with Gasteiger partial charge in [-0.1, -0.05) is 30.3 Å². The fraction of sp³-hybridized carbons (Fsp3) is 0.455. The number of carbonyl (C=O) groups excluding carboxylic acids is 2. The molecular formula is C22H28N2O3. The van der Waals surface area contributed by atoms with Crippen LogP contribution in [0.25, 0.3) is 0 Å². The van der Waals surface area contributed by atoms with E-state index >= 15 is 0 Å². The van der Waals surface area contributed by atoms with Crippen LogP contribution in [0.1, 0.15) is 59.5 Å². The van der Waals surface area contributed by atoms with Crippen molar-refractivity contribution in [2.24, 2.45) is 0 Å². The van der Waals surface area contributed by atoms with Crippen molar-refractivity contribution >= 4 is 11.9 Å². The van der Waals surface area contributed by atoms with Crippen molar-refractivity contribution in [3.05, 3.63) is 58.9 Å². The van der Waals surface area contributed by atoms with E-state index in [1.807, 2.05) is 45.0 Å². The fourth-order valence-electron chi connectivity index (χ4n) is 3.50. The molecule has 1 amide bonds. The van der Waals surface area contributed by atoms with Gasteiger partial charge in [-0.05, 0) is 58.1 Å². The molecule has 5 heteroatoms. The van der Waals surface area contributed by atoms with Crippen LogP contribution in [0.3, 0.4) is 0 Å². The highest BCUT2D eigenvalue weighted by molar-refractivity contribution is 5.92. The van der Waals surface area contributed by atoms with Gasteiger partial charge in [-0.25, -0.2) is 4.79 Å².